The highest BCUT2D eigenvalue weighted by atomic mass is 16.1. The number of nitrogens with one attached hydrogen (secondary N) is 2. The maximum absolute atomic E-state index is 13.2. The van der Waals surface area contributed by atoms with E-state index in [1.54, 1.807) is 12.1 Å². The lowest BCUT2D eigenvalue weighted by Gasteiger charge is -2.13. The van der Waals surface area contributed by atoms with E-state index in [2.05, 4.69) is 20.5 Å². The largest absolute Gasteiger partial charge is 0.349 e. The molecule has 6 nitrogen and oxygen atoms in total. The van der Waals surface area contributed by atoms with Crippen molar-refractivity contribution in [3.05, 3.63) is 81.3 Å². The van der Waals surface area contributed by atoms with Crippen molar-refractivity contribution in [2.75, 3.05) is 0 Å². The van der Waals surface area contributed by atoms with E-state index in [1.165, 1.54) is 0 Å². The van der Waals surface area contributed by atoms with Crippen LogP contribution < -0.4 is 10.9 Å². The highest BCUT2D eigenvalue weighted by Gasteiger charge is 2.24. The summed E-state index contributed by atoms with van der Waals surface area (Å²) in [5.41, 5.74) is 6.57. The molecule has 0 aliphatic heterocycles. The van der Waals surface area contributed by atoms with Gasteiger partial charge < -0.3 is 10.3 Å². The Hall–Kier alpha value is -3.80. The molecule has 2 N–H and O–H groups in total. The number of aromatic nitrogens is 3. The van der Waals surface area contributed by atoms with Gasteiger partial charge in [0, 0.05) is 28.1 Å². The summed E-state index contributed by atoms with van der Waals surface area (Å²) in [6, 6.07) is 15.5. The molecule has 1 aliphatic rings. The lowest BCUT2D eigenvalue weighted by Crippen LogP contribution is -2.25. The molecule has 2 aromatic heterocycles. The van der Waals surface area contributed by atoms with Crippen LogP contribution in [0.1, 0.15) is 40.0 Å². The Morgan fingerprint density at radius 2 is 1.69 bits per heavy atom. The molecule has 0 radical (unpaired) electrons. The molecule has 5 rings (SSSR count). The van der Waals surface area contributed by atoms with E-state index in [1.807, 2.05) is 57.2 Å². The van der Waals surface area contributed by atoms with E-state index in [0.29, 0.717) is 22.3 Å². The number of carbonyl (C=O) groups excluding carboxylic acids is 1. The van der Waals surface area contributed by atoms with Crippen molar-refractivity contribution in [3.63, 3.8) is 0 Å². The molecule has 0 bridgehead atoms. The Kier molecular flexibility index (Phi) is 4.85. The van der Waals surface area contributed by atoms with Gasteiger partial charge in [-0.05, 0) is 68.5 Å². The van der Waals surface area contributed by atoms with Crippen LogP contribution in [-0.2, 0) is 0 Å². The Balaban J connectivity index is 1.67. The molecule has 0 spiro atoms. The number of carbonyl (C=O) groups is 1. The molecule has 2 aromatic carbocycles. The minimum Gasteiger partial charge on any atom is -0.349 e. The number of aromatic amines is 1. The van der Waals surface area contributed by atoms with Crippen molar-refractivity contribution in [3.8, 4) is 22.4 Å². The van der Waals surface area contributed by atoms with Gasteiger partial charge in [0.05, 0.1) is 11.2 Å². The Bertz CT molecular complexity index is 1430. The minimum atomic E-state index is -0.220. The number of nitrogens with zero attached hydrogens (tertiary/aromatic N) is 2. The molecule has 32 heavy (non-hydrogen) atoms. The van der Waals surface area contributed by atoms with Crippen LogP contribution in [0.15, 0.2) is 53.3 Å². The molecule has 160 valence electrons. The van der Waals surface area contributed by atoms with E-state index < -0.39 is 0 Å². The van der Waals surface area contributed by atoms with Gasteiger partial charge in [0.15, 0.2) is 0 Å². The SMILES string of the molecule is Cc1ccc(C(=O)NC2CC2)cc1-c1cc2c(C)nnc(-c3ccccc3C)c2[nH]c1=O. The summed E-state index contributed by atoms with van der Waals surface area (Å²) in [5.74, 6) is -0.102. The van der Waals surface area contributed by atoms with E-state index >= 15 is 0 Å². The number of hydrogen-bond donors (Lipinski definition) is 2. The zero-order chi connectivity index (χ0) is 22.4. The Morgan fingerprint density at radius 3 is 2.44 bits per heavy atom. The van der Waals surface area contributed by atoms with Crippen molar-refractivity contribution < 1.29 is 4.79 Å². The summed E-state index contributed by atoms with van der Waals surface area (Å²) in [5, 5.41) is 12.6. The fraction of sp³-hybridized carbons (Fsp3) is 0.231. The zero-order valence-electron chi connectivity index (χ0n) is 18.3. The standard InChI is InChI=1S/C26H24N4O2/c1-14-6-4-5-7-19(14)24-23-21(16(3)29-30-24)13-22(26(32)28-23)20-12-17(9-8-15(20)2)25(31)27-18-10-11-18/h4-9,12-13,18H,10-11H2,1-3H3,(H,27,31)(H,28,32). The first kappa shape index (κ1) is 20.1. The molecular formula is C26H24N4O2. The molecule has 0 saturated heterocycles. The molecule has 1 fully saturated rings. The van der Waals surface area contributed by atoms with Gasteiger partial charge in [-0.2, -0.15) is 5.10 Å². The summed E-state index contributed by atoms with van der Waals surface area (Å²) in [6.07, 6.45) is 2.05. The summed E-state index contributed by atoms with van der Waals surface area (Å²) in [4.78, 5) is 28.8. The topological polar surface area (TPSA) is 87.7 Å². The predicted molar refractivity (Wildman–Crippen MR) is 126 cm³/mol. The predicted octanol–water partition coefficient (Wildman–Crippen LogP) is 4.47. The van der Waals surface area contributed by atoms with Gasteiger partial charge in [0.25, 0.3) is 11.5 Å². The second-order valence-electron chi connectivity index (χ2n) is 8.53. The minimum absolute atomic E-state index is 0.102. The molecule has 2 heterocycles. The monoisotopic (exact) mass is 424 g/mol. The van der Waals surface area contributed by atoms with Gasteiger partial charge in [-0.25, -0.2) is 0 Å². The lowest BCUT2D eigenvalue weighted by atomic mass is 9.96. The van der Waals surface area contributed by atoms with E-state index in [9.17, 15) is 9.59 Å². The average molecular weight is 425 g/mol. The van der Waals surface area contributed by atoms with Crippen LogP contribution >= 0.6 is 0 Å². The molecule has 1 amide bonds. The smallest absolute Gasteiger partial charge is 0.256 e. The summed E-state index contributed by atoms with van der Waals surface area (Å²) >= 11 is 0. The van der Waals surface area contributed by atoms with Crippen molar-refractivity contribution in [2.24, 2.45) is 0 Å². The van der Waals surface area contributed by atoms with Crippen LogP contribution in [0, 0.1) is 20.8 Å². The second-order valence-corrected chi connectivity index (χ2v) is 8.53. The first-order chi connectivity index (χ1) is 15.4. The number of amides is 1. The molecule has 1 saturated carbocycles. The molecular weight excluding hydrogens is 400 g/mol. The number of benzene rings is 2. The van der Waals surface area contributed by atoms with Gasteiger partial charge in [-0.1, -0.05) is 30.3 Å². The van der Waals surface area contributed by atoms with Crippen LogP contribution in [0.2, 0.25) is 0 Å². The van der Waals surface area contributed by atoms with Crippen LogP contribution in [0.5, 0.6) is 0 Å². The van der Waals surface area contributed by atoms with Gasteiger partial charge in [0.2, 0.25) is 0 Å². The van der Waals surface area contributed by atoms with Gasteiger partial charge in [0.1, 0.15) is 5.69 Å². The normalized spacial score (nSPS) is 13.3. The number of rotatable bonds is 4. The third-order valence-electron chi connectivity index (χ3n) is 6.07. The van der Waals surface area contributed by atoms with Crippen molar-refractivity contribution in [2.45, 2.75) is 39.7 Å². The van der Waals surface area contributed by atoms with Crippen LogP contribution in [-0.4, -0.2) is 27.1 Å². The maximum Gasteiger partial charge on any atom is 0.256 e. The number of hydrogen-bond acceptors (Lipinski definition) is 4. The van der Waals surface area contributed by atoms with E-state index in [4.69, 9.17) is 0 Å². The van der Waals surface area contributed by atoms with Crippen molar-refractivity contribution >= 4 is 16.8 Å². The fourth-order valence-corrected chi connectivity index (χ4v) is 4.01. The molecule has 0 unspecified atom stereocenters. The van der Waals surface area contributed by atoms with Gasteiger partial charge in [-0.15, -0.1) is 5.10 Å². The Morgan fingerprint density at radius 1 is 0.938 bits per heavy atom. The first-order valence-electron chi connectivity index (χ1n) is 10.8. The lowest BCUT2D eigenvalue weighted by molar-refractivity contribution is 0.0951. The third-order valence-corrected chi connectivity index (χ3v) is 6.07. The van der Waals surface area contributed by atoms with E-state index in [-0.39, 0.29) is 17.5 Å². The third kappa shape index (κ3) is 3.58. The Labute approximate surface area is 185 Å². The van der Waals surface area contributed by atoms with Crippen molar-refractivity contribution in [1.29, 1.82) is 0 Å². The zero-order valence-corrected chi connectivity index (χ0v) is 18.3. The number of aryl methyl sites for hydroxylation is 3. The quantitative estimate of drug-likeness (QED) is 0.506. The number of H-pyrrole nitrogens is 1. The van der Waals surface area contributed by atoms with Crippen molar-refractivity contribution in [1.82, 2.24) is 20.5 Å². The molecule has 1 aliphatic carbocycles. The molecule has 4 aromatic rings. The van der Waals surface area contributed by atoms with Gasteiger partial charge >= 0.3 is 0 Å². The summed E-state index contributed by atoms with van der Waals surface area (Å²) in [6.45, 7) is 5.83. The summed E-state index contributed by atoms with van der Waals surface area (Å²) < 4.78 is 0. The van der Waals surface area contributed by atoms with Gasteiger partial charge in [-0.3, -0.25) is 9.59 Å². The fourth-order valence-electron chi connectivity index (χ4n) is 4.01. The highest BCUT2D eigenvalue weighted by molar-refractivity contribution is 5.98. The van der Waals surface area contributed by atoms with Crippen LogP contribution in [0.25, 0.3) is 33.3 Å². The van der Waals surface area contributed by atoms with Crippen LogP contribution in [0.3, 0.4) is 0 Å². The maximum atomic E-state index is 13.2. The van der Waals surface area contributed by atoms with E-state index in [0.717, 1.165) is 46.2 Å². The second kappa shape index (κ2) is 7.71. The molecule has 0 atom stereocenters. The first-order valence-corrected chi connectivity index (χ1v) is 10.8. The number of pyridine rings is 1. The summed E-state index contributed by atoms with van der Waals surface area (Å²) in [7, 11) is 0. The average Bonchev–Trinajstić information content (AvgIpc) is 3.59. The highest BCUT2D eigenvalue weighted by Crippen LogP contribution is 2.30. The van der Waals surface area contributed by atoms with Crippen LogP contribution in [0.4, 0.5) is 0 Å². The number of fused-ring (bicyclic) bond motifs is 1. The molecule has 6 heteroatoms.